The molecular formula is C25H32BNO6. The van der Waals surface area contributed by atoms with Crippen molar-refractivity contribution >= 4 is 19.3 Å². The van der Waals surface area contributed by atoms with Crippen LogP contribution in [0.2, 0.25) is 0 Å². The zero-order valence-electron chi connectivity index (χ0n) is 19.7. The molecule has 1 saturated heterocycles. The van der Waals surface area contributed by atoms with Gasteiger partial charge in [0.2, 0.25) is 0 Å². The van der Waals surface area contributed by atoms with Gasteiger partial charge >= 0.3 is 13.2 Å². The van der Waals surface area contributed by atoms with Crippen molar-refractivity contribution in [2.45, 2.75) is 45.5 Å². The van der Waals surface area contributed by atoms with Gasteiger partial charge in [-0.2, -0.15) is 0 Å². The SMILES string of the molecule is CC1(C)OB(C(=Cc2ccc(OCCO)cc2)CNC(=O)OCc2ccccc2)OC1(C)C. The molecule has 1 fully saturated rings. The van der Waals surface area contributed by atoms with Crippen molar-refractivity contribution in [1.82, 2.24) is 5.32 Å². The van der Waals surface area contributed by atoms with Gasteiger partial charge in [0.1, 0.15) is 19.0 Å². The number of alkyl carbamates (subject to hydrolysis) is 1. The largest absolute Gasteiger partial charge is 0.492 e. The number of nitrogens with one attached hydrogen (secondary N) is 1. The van der Waals surface area contributed by atoms with Gasteiger partial charge in [0, 0.05) is 6.54 Å². The second kappa shape index (κ2) is 10.9. The van der Waals surface area contributed by atoms with Crippen LogP contribution in [0.4, 0.5) is 4.79 Å². The predicted molar refractivity (Wildman–Crippen MR) is 128 cm³/mol. The number of carbonyl (C=O) groups excluding carboxylic acids is 1. The first-order valence-corrected chi connectivity index (χ1v) is 11.0. The van der Waals surface area contributed by atoms with Crippen LogP contribution in [0.1, 0.15) is 38.8 Å². The van der Waals surface area contributed by atoms with E-state index in [-0.39, 0.29) is 26.4 Å². The van der Waals surface area contributed by atoms with E-state index in [1.165, 1.54) is 0 Å². The van der Waals surface area contributed by atoms with E-state index in [1.54, 1.807) is 0 Å². The van der Waals surface area contributed by atoms with Crippen LogP contribution < -0.4 is 10.1 Å². The number of ether oxygens (including phenoxy) is 2. The summed E-state index contributed by atoms with van der Waals surface area (Å²) in [5.41, 5.74) is 1.56. The summed E-state index contributed by atoms with van der Waals surface area (Å²) in [4.78, 5) is 12.3. The average molecular weight is 453 g/mol. The standard InChI is InChI=1S/C25H32BNO6/c1-24(2)25(3,4)33-26(32-24)21(16-19-10-12-22(13-11-19)30-15-14-28)17-27-23(29)31-18-20-8-6-5-7-9-20/h5-13,16,28H,14-15,17-18H2,1-4H3,(H,27,29). The smallest absolute Gasteiger partial charge is 0.491 e. The number of aliphatic hydroxyl groups is 1. The van der Waals surface area contributed by atoms with Gasteiger partial charge in [-0.25, -0.2) is 4.79 Å². The van der Waals surface area contributed by atoms with Crippen molar-refractivity contribution < 1.29 is 28.7 Å². The zero-order valence-corrected chi connectivity index (χ0v) is 19.7. The van der Waals surface area contributed by atoms with Gasteiger partial charge in [-0.05, 0) is 56.4 Å². The van der Waals surface area contributed by atoms with Crippen LogP contribution >= 0.6 is 0 Å². The Bertz CT molecular complexity index is 927. The minimum absolute atomic E-state index is 0.0419. The maximum atomic E-state index is 12.3. The maximum absolute atomic E-state index is 12.3. The molecule has 0 aromatic heterocycles. The van der Waals surface area contributed by atoms with Gasteiger partial charge in [-0.15, -0.1) is 0 Å². The van der Waals surface area contributed by atoms with E-state index in [0.717, 1.165) is 16.6 Å². The maximum Gasteiger partial charge on any atom is 0.492 e. The molecule has 7 nitrogen and oxygen atoms in total. The van der Waals surface area contributed by atoms with Gasteiger partial charge in [-0.3, -0.25) is 0 Å². The van der Waals surface area contributed by atoms with Crippen molar-refractivity contribution in [3.8, 4) is 5.75 Å². The van der Waals surface area contributed by atoms with Crippen LogP contribution in [0.3, 0.4) is 0 Å². The second-order valence-electron chi connectivity index (χ2n) is 8.86. The third-order valence-electron chi connectivity index (χ3n) is 5.80. The topological polar surface area (TPSA) is 86.2 Å². The number of benzene rings is 2. The molecule has 0 radical (unpaired) electrons. The Hall–Kier alpha value is -2.81. The minimum Gasteiger partial charge on any atom is -0.491 e. The Balaban J connectivity index is 1.70. The molecule has 1 aliphatic heterocycles. The number of rotatable bonds is 9. The lowest BCUT2D eigenvalue weighted by Crippen LogP contribution is -2.41. The summed E-state index contributed by atoms with van der Waals surface area (Å²) in [6, 6.07) is 16.9. The minimum atomic E-state index is -0.616. The summed E-state index contributed by atoms with van der Waals surface area (Å²) >= 11 is 0. The van der Waals surface area contributed by atoms with E-state index in [2.05, 4.69) is 5.32 Å². The van der Waals surface area contributed by atoms with E-state index in [4.69, 9.17) is 23.9 Å². The van der Waals surface area contributed by atoms with Gasteiger partial charge in [0.15, 0.2) is 0 Å². The molecule has 0 saturated carbocycles. The first-order valence-electron chi connectivity index (χ1n) is 11.0. The number of carbonyl (C=O) groups is 1. The monoisotopic (exact) mass is 453 g/mol. The van der Waals surface area contributed by atoms with E-state index in [0.29, 0.717) is 5.75 Å². The quantitative estimate of drug-likeness (QED) is 0.559. The Labute approximate surface area is 195 Å². The lowest BCUT2D eigenvalue weighted by molar-refractivity contribution is 0.00578. The molecule has 0 bridgehead atoms. The van der Waals surface area contributed by atoms with Gasteiger partial charge in [0.05, 0.1) is 17.8 Å². The number of amides is 1. The number of hydrogen-bond acceptors (Lipinski definition) is 6. The highest BCUT2D eigenvalue weighted by atomic mass is 16.7. The van der Waals surface area contributed by atoms with Gasteiger partial charge in [-0.1, -0.05) is 48.5 Å². The molecule has 0 aliphatic carbocycles. The summed E-state index contributed by atoms with van der Waals surface area (Å²) in [5.74, 6) is 0.668. The van der Waals surface area contributed by atoms with Gasteiger partial charge in [0.25, 0.3) is 0 Å². The van der Waals surface area contributed by atoms with Crippen LogP contribution in [-0.2, 0) is 20.7 Å². The van der Waals surface area contributed by atoms with E-state index < -0.39 is 24.4 Å². The molecule has 1 amide bonds. The molecule has 2 N–H and O–H groups in total. The average Bonchev–Trinajstić information content (AvgIpc) is 3.02. The molecule has 0 atom stereocenters. The van der Waals surface area contributed by atoms with E-state index >= 15 is 0 Å². The summed E-state index contributed by atoms with van der Waals surface area (Å²) in [6.07, 6.45) is 1.41. The summed E-state index contributed by atoms with van der Waals surface area (Å²) in [5, 5.41) is 11.7. The number of aliphatic hydroxyl groups excluding tert-OH is 1. The fourth-order valence-corrected chi connectivity index (χ4v) is 3.18. The first-order chi connectivity index (χ1) is 15.7. The molecule has 1 heterocycles. The molecule has 2 aromatic carbocycles. The zero-order chi connectivity index (χ0) is 23.9. The lowest BCUT2D eigenvalue weighted by atomic mass is 9.77. The summed E-state index contributed by atoms with van der Waals surface area (Å²) in [6.45, 7) is 8.53. The highest BCUT2D eigenvalue weighted by Crippen LogP contribution is 2.38. The first kappa shape index (κ1) is 24.8. The highest BCUT2D eigenvalue weighted by Gasteiger charge is 2.52. The fourth-order valence-electron chi connectivity index (χ4n) is 3.18. The van der Waals surface area contributed by atoms with Crippen molar-refractivity contribution in [3.05, 3.63) is 71.2 Å². The van der Waals surface area contributed by atoms with Crippen LogP contribution in [0.25, 0.3) is 6.08 Å². The van der Waals surface area contributed by atoms with Crippen LogP contribution in [0.15, 0.2) is 60.1 Å². The van der Waals surface area contributed by atoms with E-state index in [9.17, 15) is 4.79 Å². The normalized spacial score (nSPS) is 17.0. The Morgan fingerprint density at radius 3 is 2.27 bits per heavy atom. The van der Waals surface area contributed by atoms with Crippen molar-refractivity contribution in [2.24, 2.45) is 0 Å². The van der Waals surface area contributed by atoms with E-state index in [1.807, 2.05) is 88.4 Å². The molecular weight excluding hydrogens is 421 g/mol. The summed E-state index contributed by atoms with van der Waals surface area (Å²) < 4.78 is 23.2. The second-order valence-corrected chi connectivity index (χ2v) is 8.86. The van der Waals surface area contributed by atoms with Crippen LogP contribution in [0, 0.1) is 0 Å². The van der Waals surface area contributed by atoms with Crippen LogP contribution in [-0.4, -0.2) is 49.3 Å². The third-order valence-corrected chi connectivity index (χ3v) is 5.80. The fraction of sp³-hybridized carbons (Fsp3) is 0.400. The van der Waals surface area contributed by atoms with Crippen molar-refractivity contribution in [1.29, 1.82) is 0 Å². The third kappa shape index (κ3) is 6.84. The number of hydrogen-bond donors (Lipinski definition) is 2. The molecule has 0 spiro atoms. The molecule has 176 valence electrons. The molecule has 3 rings (SSSR count). The summed E-state index contributed by atoms with van der Waals surface area (Å²) in [7, 11) is -0.616. The van der Waals surface area contributed by atoms with Gasteiger partial charge < -0.3 is 29.2 Å². The molecule has 8 heteroatoms. The van der Waals surface area contributed by atoms with Crippen molar-refractivity contribution in [3.63, 3.8) is 0 Å². The molecule has 2 aromatic rings. The van der Waals surface area contributed by atoms with Crippen LogP contribution in [0.5, 0.6) is 5.75 Å². The molecule has 0 unspecified atom stereocenters. The molecule has 33 heavy (non-hydrogen) atoms. The predicted octanol–water partition coefficient (Wildman–Crippen LogP) is 4.00. The lowest BCUT2D eigenvalue weighted by Gasteiger charge is -2.32. The Kier molecular flexibility index (Phi) is 8.18. The Morgan fingerprint density at radius 1 is 1.03 bits per heavy atom. The van der Waals surface area contributed by atoms with Crippen molar-refractivity contribution in [2.75, 3.05) is 19.8 Å². The Morgan fingerprint density at radius 2 is 1.67 bits per heavy atom. The highest BCUT2D eigenvalue weighted by molar-refractivity contribution is 6.56. The molecule has 1 aliphatic rings.